The van der Waals surface area contributed by atoms with Gasteiger partial charge in [-0.3, -0.25) is 14.4 Å². The van der Waals surface area contributed by atoms with Gasteiger partial charge in [-0.05, 0) is 12.1 Å². The summed E-state index contributed by atoms with van der Waals surface area (Å²) in [5, 5.41) is 4.63. The van der Waals surface area contributed by atoms with Gasteiger partial charge in [0.1, 0.15) is 0 Å². The molecule has 0 saturated carbocycles. The highest BCUT2D eigenvalue weighted by atomic mass is 35.5. The van der Waals surface area contributed by atoms with Gasteiger partial charge in [-0.25, -0.2) is 0 Å². The molecule has 0 spiro atoms. The van der Waals surface area contributed by atoms with E-state index < -0.39 is 17.6 Å². The molecule has 1 aromatic heterocycles. The van der Waals surface area contributed by atoms with Crippen LogP contribution in [-0.4, -0.2) is 51.7 Å². The van der Waals surface area contributed by atoms with Gasteiger partial charge < -0.3 is 4.90 Å². The smallest absolute Gasteiger partial charge is 0.336 e. The highest BCUT2D eigenvalue weighted by Crippen LogP contribution is 2.32. The molecule has 0 bridgehead atoms. The van der Waals surface area contributed by atoms with Gasteiger partial charge in [0.15, 0.2) is 0 Å². The molecular weight excluding hydrogens is 357 g/mol. The number of benzene rings is 1. The van der Waals surface area contributed by atoms with E-state index in [1.54, 1.807) is 10.9 Å². The van der Waals surface area contributed by atoms with E-state index in [1.807, 2.05) is 0 Å². The Morgan fingerprint density at radius 1 is 1.16 bits per heavy atom. The van der Waals surface area contributed by atoms with Gasteiger partial charge in [0.05, 0.1) is 29.0 Å². The van der Waals surface area contributed by atoms with E-state index in [9.17, 15) is 18.0 Å². The molecule has 1 aliphatic heterocycles. The van der Waals surface area contributed by atoms with E-state index in [4.69, 9.17) is 11.6 Å². The van der Waals surface area contributed by atoms with E-state index in [0.717, 1.165) is 6.07 Å². The third-order valence-electron chi connectivity index (χ3n) is 4.07. The van der Waals surface area contributed by atoms with E-state index in [0.29, 0.717) is 37.9 Å². The standard InChI is InChI=1S/C16H16ClF3N4O/c17-12-9-21-24(10-12)11-22-5-7-23(8-6-22)15(25)13-3-1-2-4-14(13)16(18,19)20/h1-4,9-10H,5-8,11H2. The SMILES string of the molecule is O=C(c1ccccc1C(F)(F)F)N1CCN(Cn2cc(Cl)cn2)CC1. The number of nitrogens with zero attached hydrogens (tertiary/aromatic N) is 4. The van der Waals surface area contributed by atoms with Crippen LogP contribution in [0.4, 0.5) is 13.2 Å². The average molecular weight is 373 g/mol. The minimum absolute atomic E-state index is 0.303. The van der Waals surface area contributed by atoms with E-state index in [1.165, 1.54) is 29.3 Å². The van der Waals surface area contributed by atoms with Crippen molar-refractivity contribution in [3.8, 4) is 0 Å². The maximum atomic E-state index is 13.1. The first-order valence-corrected chi connectivity index (χ1v) is 8.08. The van der Waals surface area contributed by atoms with Crippen molar-refractivity contribution >= 4 is 17.5 Å². The van der Waals surface area contributed by atoms with Crippen LogP contribution in [0.2, 0.25) is 5.02 Å². The second kappa shape index (κ2) is 7.05. The topological polar surface area (TPSA) is 41.4 Å². The lowest BCUT2D eigenvalue weighted by Crippen LogP contribution is -2.49. The lowest BCUT2D eigenvalue weighted by atomic mass is 10.1. The first-order valence-electron chi connectivity index (χ1n) is 7.70. The Morgan fingerprint density at radius 2 is 1.84 bits per heavy atom. The maximum Gasteiger partial charge on any atom is 0.417 e. The Balaban J connectivity index is 1.64. The van der Waals surface area contributed by atoms with Crippen LogP contribution in [0.15, 0.2) is 36.7 Å². The fraction of sp³-hybridized carbons (Fsp3) is 0.375. The number of rotatable bonds is 3. The normalized spacial score (nSPS) is 16.2. The van der Waals surface area contributed by atoms with Crippen LogP contribution >= 0.6 is 11.6 Å². The van der Waals surface area contributed by atoms with Gasteiger partial charge in [-0.1, -0.05) is 23.7 Å². The quantitative estimate of drug-likeness (QED) is 0.831. The fourth-order valence-electron chi connectivity index (χ4n) is 2.80. The van der Waals surface area contributed by atoms with Crippen LogP contribution in [-0.2, 0) is 12.8 Å². The minimum atomic E-state index is -4.55. The second-order valence-electron chi connectivity index (χ2n) is 5.79. The molecule has 25 heavy (non-hydrogen) atoms. The number of amides is 1. The summed E-state index contributed by atoms with van der Waals surface area (Å²) in [4.78, 5) is 16.0. The van der Waals surface area contributed by atoms with E-state index >= 15 is 0 Å². The number of halogens is 4. The highest BCUT2D eigenvalue weighted by Gasteiger charge is 2.36. The lowest BCUT2D eigenvalue weighted by molar-refractivity contribution is -0.138. The molecular formula is C16H16ClF3N4O. The zero-order valence-electron chi connectivity index (χ0n) is 13.2. The van der Waals surface area contributed by atoms with Crippen molar-refractivity contribution in [2.45, 2.75) is 12.8 Å². The molecule has 1 aromatic carbocycles. The van der Waals surface area contributed by atoms with Gasteiger partial charge in [0, 0.05) is 32.4 Å². The molecule has 9 heteroatoms. The summed E-state index contributed by atoms with van der Waals surface area (Å²) in [5.41, 5.74) is -1.20. The largest absolute Gasteiger partial charge is 0.417 e. The summed E-state index contributed by atoms with van der Waals surface area (Å²) in [6, 6.07) is 4.89. The average Bonchev–Trinajstić information content (AvgIpc) is 2.99. The van der Waals surface area contributed by atoms with Crippen LogP contribution < -0.4 is 0 Å². The van der Waals surface area contributed by atoms with Crippen LogP contribution in [0.3, 0.4) is 0 Å². The van der Waals surface area contributed by atoms with Gasteiger partial charge in [0.2, 0.25) is 0 Å². The number of hydrogen-bond donors (Lipinski definition) is 0. The Kier molecular flexibility index (Phi) is 5.01. The minimum Gasteiger partial charge on any atom is -0.336 e. The summed E-state index contributed by atoms with van der Waals surface area (Å²) in [5.74, 6) is -0.588. The molecule has 0 aliphatic carbocycles. The molecule has 0 unspecified atom stereocenters. The number of carbonyl (C=O) groups is 1. The second-order valence-corrected chi connectivity index (χ2v) is 6.23. The number of piperazine rings is 1. The predicted octanol–water partition coefficient (Wildman–Crippen LogP) is 2.97. The van der Waals surface area contributed by atoms with Crippen molar-refractivity contribution in [3.63, 3.8) is 0 Å². The third-order valence-corrected chi connectivity index (χ3v) is 4.26. The van der Waals surface area contributed by atoms with Gasteiger partial charge >= 0.3 is 6.18 Å². The van der Waals surface area contributed by atoms with Crippen LogP contribution in [0, 0.1) is 0 Å². The van der Waals surface area contributed by atoms with Crippen molar-refractivity contribution in [3.05, 3.63) is 52.8 Å². The molecule has 134 valence electrons. The Morgan fingerprint density at radius 3 is 2.44 bits per heavy atom. The van der Waals surface area contributed by atoms with Crippen LogP contribution in [0.25, 0.3) is 0 Å². The lowest BCUT2D eigenvalue weighted by Gasteiger charge is -2.34. The monoisotopic (exact) mass is 372 g/mol. The van der Waals surface area contributed by atoms with Crippen molar-refractivity contribution in [2.24, 2.45) is 0 Å². The first kappa shape index (κ1) is 17.8. The molecule has 1 aliphatic rings. The van der Waals surface area contributed by atoms with Gasteiger partial charge in [-0.2, -0.15) is 18.3 Å². The van der Waals surface area contributed by atoms with Crippen molar-refractivity contribution in [1.29, 1.82) is 0 Å². The zero-order valence-corrected chi connectivity index (χ0v) is 14.0. The van der Waals surface area contributed by atoms with Crippen molar-refractivity contribution < 1.29 is 18.0 Å². The molecule has 1 fully saturated rings. The maximum absolute atomic E-state index is 13.1. The Hall–Kier alpha value is -2.06. The molecule has 2 aromatic rings. The van der Waals surface area contributed by atoms with Gasteiger partial charge in [0.25, 0.3) is 5.91 Å². The van der Waals surface area contributed by atoms with Crippen LogP contribution in [0.1, 0.15) is 15.9 Å². The number of aromatic nitrogens is 2. The van der Waals surface area contributed by atoms with Crippen molar-refractivity contribution in [2.75, 3.05) is 26.2 Å². The predicted molar refractivity (Wildman–Crippen MR) is 86.2 cm³/mol. The fourth-order valence-corrected chi connectivity index (χ4v) is 2.96. The summed E-state index contributed by atoms with van der Waals surface area (Å²) in [6.45, 7) is 2.35. The number of alkyl halides is 3. The molecule has 3 rings (SSSR count). The molecule has 2 heterocycles. The molecule has 0 radical (unpaired) electrons. The Labute approximate surface area is 147 Å². The highest BCUT2D eigenvalue weighted by molar-refractivity contribution is 6.30. The van der Waals surface area contributed by atoms with E-state index in [-0.39, 0.29) is 5.56 Å². The molecule has 0 atom stereocenters. The summed E-state index contributed by atoms with van der Waals surface area (Å²) in [7, 11) is 0. The first-order chi connectivity index (χ1) is 11.8. The van der Waals surface area contributed by atoms with Crippen LogP contribution in [0.5, 0.6) is 0 Å². The summed E-state index contributed by atoms with van der Waals surface area (Å²) in [6.07, 6.45) is -1.32. The molecule has 1 amide bonds. The summed E-state index contributed by atoms with van der Waals surface area (Å²) < 4.78 is 40.9. The molecule has 1 saturated heterocycles. The molecule has 5 nitrogen and oxygen atoms in total. The van der Waals surface area contributed by atoms with E-state index in [2.05, 4.69) is 10.00 Å². The van der Waals surface area contributed by atoms with Crippen molar-refractivity contribution in [1.82, 2.24) is 19.6 Å². The zero-order chi connectivity index (χ0) is 18.0. The molecule has 0 N–H and O–H groups in total. The third kappa shape index (κ3) is 4.13. The number of carbonyl (C=O) groups excluding carboxylic acids is 1. The Bertz CT molecular complexity index is 754. The van der Waals surface area contributed by atoms with Gasteiger partial charge in [-0.15, -0.1) is 0 Å². The number of hydrogen-bond acceptors (Lipinski definition) is 3. The summed E-state index contributed by atoms with van der Waals surface area (Å²) >= 11 is 5.82.